The lowest BCUT2D eigenvalue weighted by Gasteiger charge is -2.13. The van der Waals surface area contributed by atoms with Gasteiger partial charge in [0, 0.05) is 18.7 Å². The predicted molar refractivity (Wildman–Crippen MR) is 116 cm³/mol. The van der Waals surface area contributed by atoms with Crippen molar-refractivity contribution in [1.82, 2.24) is 24.6 Å². The molecular weight excluding hydrogens is 399 g/mol. The normalized spacial score (nSPS) is 12.4. The molecular formula is C22H23FN6O2. The number of rotatable bonds is 7. The van der Waals surface area contributed by atoms with Gasteiger partial charge in [-0.15, -0.1) is 10.2 Å². The standard InChI is InChI=1S/C22H23FN6O2/c1-14(15-4-7-17(23)8-5-15)25-21-24-13-18(26-27-21)16-6-9-20-19(12-16)29(22(30)31-20)11-10-28(2)3/h4-9,12-14H,10-11H2,1-3H3,(H,24,25,27)/t14-/m1/s1. The Morgan fingerprint density at radius 1 is 1.16 bits per heavy atom. The summed E-state index contributed by atoms with van der Waals surface area (Å²) in [6.07, 6.45) is 1.62. The van der Waals surface area contributed by atoms with Crippen molar-refractivity contribution in [3.63, 3.8) is 0 Å². The van der Waals surface area contributed by atoms with Crippen LogP contribution in [0.2, 0.25) is 0 Å². The highest BCUT2D eigenvalue weighted by molar-refractivity contribution is 5.79. The fourth-order valence-electron chi connectivity index (χ4n) is 3.24. The third kappa shape index (κ3) is 4.61. The first-order valence-electron chi connectivity index (χ1n) is 9.91. The molecule has 0 spiro atoms. The molecule has 1 N–H and O–H groups in total. The second-order valence-electron chi connectivity index (χ2n) is 7.59. The molecule has 31 heavy (non-hydrogen) atoms. The van der Waals surface area contributed by atoms with Gasteiger partial charge in [0.05, 0.1) is 17.8 Å². The summed E-state index contributed by atoms with van der Waals surface area (Å²) >= 11 is 0. The number of hydrogen-bond donors (Lipinski definition) is 1. The summed E-state index contributed by atoms with van der Waals surface area (Å²) in [5, 5.41) is 11.6. The first-order chi connectivity index (χ1) is 14.9. The Hall–Kier alpha value is -3.59. The second-order valence-corrected chi connectivity index (χ2v) is 7.59. The largest absolute Gasteiger partial charge is 0.419 e. The lowest BCUT2D eigenvalue weighted by molar-refractivity contribution is 0.374. The van der Waals surface area contributed by atoms with Gasteiger partial charge in [0.1, 0.15) is 11.5 Å². The lowest BCUT2D eigenvalue weighted by atomic mass is 10.1. The van der Waals surface area contributed by atoms with E-state index in [1.54, 1.807) is 29.0 Å². The zero-order valence-electron chi connectivity index (χ0n) is 17.5. The monoisotopic (exact) mass is 422 g/mol. The fraction of sp³-hybridized carbons (Fsp3) is 0.273. The maximum atomic E-state index is 13.1. The third-order valence-corrected chi connectivity index (χ3v) is 5.01. The van der Waals surface area contributed by atoms with Gasteiger partial charge in [-0.2, -0.15) is 0 Å². The molecule has 0 fully saturated rings. The van der Waals surface area contributed by atoms with Crippen LogP contribution in [-0.4, -0.2) is 45.3 Å². The van der Waals surface area contributed by atoms with Gasteiger partial charge in [-0.25, -0.2) is 14.2 Å². The van der Waals surface area contributed by atoms with Crippen LogP contribution >= 0.6 is 0 Å². The molecule has 0 aliphatic heterocycles. The van der Waals surface area contributed by atoms with E-state index in [-0.39, 0.29) is 17.6 Å². The summed E-state index contributed by atoms with van der Waals surface area (Å²) < 4.78 is 20.1. The lowest BCUT2D eigenvalue weighted by Crippen LogP contribution is -2.23. The van der Waals surface area contributed by atoms with Crippen molar-refractivity contribution in [3.8, 4) is 11.3 Å². The van der Waals surface area contributed by atoms with Gasteiger partial charge in [0.25, 0.3) is 0 Å². The Labute approximate surface area is 178 Å². The number of halogens is 1. The summed E-state index contributed by atoms with van der Waals surface area (Å²) in [6, 6.07) is 11.6. The second kappa shape index (κ2) is 8.65. The van der Waals surface area contributed by atoms with Crippen molar-refractivity contribution in [2.75, 3.05) is 26.0 Å². The number of nitrogens with one attached hydrogen (secondary N) is 1. The van der Waals surface area contributed by atoms with E-state index in [1.807, 2.05) is 38.1 Å². The van der Waals surface area contributed by atoms with Crippen molar-refractivity contribution in [3.05, 3.63) is 70.6 Å². The van der Waals surface area contributed by atoms with Crippen molar-refractivity contribution < 1.29 is 8.81 Å². The van der Waals surface area contributed by atoms with Gasteiger partial charge >= 0.3 is 5.76 Å². The van der Waals surface area contributed by atoms with E-state index >= 15 is 0 Å². The van der Waals surface area contributed by atoms with E-state index in [2.05, 4.69) is 20.5 Å². The third-order valence-electron chi connectivity index (χ3n) is 5.01. The number of hydrogen-bond acceptors (Lipinski definition) is 7. The molecule has 160 valence electrons. The molecule has 1 atom stereocenters. The first kappa shape index (κ1) is 20.7. The van der Waals surface area contributed by atoms with E-state index in [9.17, 15) is 9.18 Å². The summed E-state index contributed by atoms with van der Waals surface area (Å²) in [4.78, 5) is 18.5. The van der Waals surface area contributed by atoms with E-state index in [4.69, 9.17) is 4.42 Å². The minimum absolute atomic E-state index is 0.110. The molecule has 4 rings (SSSR count). The van der Waals surface area contributed by atoms with Crippen LogP contribution < -0.4 is 11.1 Å². The van der Waals surface area contributed by atoms with Gasteiger partial charge in [0.2, 0.25) is 5.95 Å². The van der Waals surface area contributed by atoms with Crippen molar-refractivity contribution >= 4 is 17.0 Å². The van der Waals surface area contributed by atoms with Gasteiger partial charge in [-0.1, -0.05) is 12.1 Å². The van der Waals surface area contributed by atoms with E-state index in [0.29, 0.717) is 35.8 Å². The molecule has 0 radical (unpaired) electrons. The van der Waals surface area contributed by atoms with Crippen LogP contribution in [0.1, 0.15) is 18.5 Å². The fourth-order valence-corrected chi connectivity index (χ4v) is 3.24. The number of anilines is 1. The highest BCUT2D eigenvalue weighted by Crippen LogP contribution is 2.23. The average molecular weight is 422 g/mol. The van der Waals surface area contributed by atoms with Gasteiger partial charge < -0.3 is 14.6 Å². The van der Waals surface area contributed by atoms with E-state index in [0.717, 1.165) is 11.1 Å². The minimum Gasteiger partial charge on any atom is -0.408 e. The summed E-state index contributed by atoms with van der Waals surface area (Å²) in [5.41, 5.74) is 3.51. The van der Waals surface area contributed by atoms with Crippen LogP contribution in [0.15, 0.2) is 57.9 Å². The van der Waals surface area contributed by atoms with Gasteiger partial charge in [-0.05, 0) is 56.9 Å². The predicted octanol–water partition coefficient (Wildman–Crippen LogP) is 3.32. The molecule has 2 aromatic heterocycles. The van der Waals surface area contributed by atoms with Crippen molar-refractivity contribution in [1.29, 1.82) is 0 Å². The minimum atomic E-state index is -0.382. The van der Waals surface area contributed by atoms with Crippen LogP contribution in [0.25, 0.3) is 22.4 Å². The molecule has 0 aliphatic carbocycles. The molecule has 2 aromatic carbocycles. The molecule has 4 aromatic rings. The molecule has 0 bridgehead atoms. The van der Waals surface area contributed by atoms with Crippen LogP contribution in [-0.2, 0) is 6.54 Å². The number of likely N-dealkylation sites (N-methyl/N-ethyl adjacent to an activating group) is 1. The van der Waals surface area contributed by atoms with Crippen molar-refractivity contribution in [2.45, 2.75) is 19.5 Å². The van der Waals surface area contributed by atoms with Crippen LogP contribution in [0, 0.1) is 5.82 Å². The zero-order chi connectivity index (χ0) is 22.0. The van der Waals surface area contributed by atoms with Gasteiger partial charge in [0.15, 0.2) is 5.58 Å². The first-order valence-corrected chi connectivity index (χ1v) is 9.91. The number of oxazole rings is 1. The highest BCUT2D eigenvalue weighted by atomic mass is 19.1. The molecule has 0 unspecified atom stereocenters. The Bertz CT molecular complexity index is 1230. The highest BCUT2D eigenvalue weighted by Gasteiger charge is 2.13. The topological polar surface area (TPSA) is 89.1 Å². The maximum Gasteiger partial charge on any atom is 0.419 e. The zero-order valence-corrected chi connectivity index (χ0v) is 17.5. The van der Waals surface area contributed by atoms with Crippen LogP contribution in [0.4, 0.5) is 10.3 Å². The molecule has 8 nitrogen and oxygen atoms in total. The van der Waals surface area contributed by atoms with Crippen LogP contribution in [0.5, 0.6) is 0 Å². The Kier molecular flexibility index (Phi) is 5.77. The SMILES string of the molecule is C[C@@H](Nc1ncc(-c2ccc3oc(=O)n(CCN(C)C)c3c2)nn1)c1ccc(F)cc1. The molecule has 9 heteroatoms. The molecule has 0 saturated carbocycles. The number of benzene rings is 2. The number of aromatic nitrogens is 4. The average Bonchev–Trinajstić information content (AvgIpc) is 3.07. The summed E-state index contributed by atoms with van der Waals surface area (Å²) in [5.74, 6) is -0.291. The van der Waals surface area contributed by atoms with Gasteiger partial charge in [-0.3, -0.25) is 4.57 Å². The Balaban J connectivity index is 1.55. The Morgan fingerprint density at radius 2 is 1.94 bits per heavy atom. The van der Waals surface area contributed by atoms with Crippen molar-refractivity contribution in [2.24, 2.45) is 0 Å². The maximum absolute atomic E-state index is 13.1. The molecule has 0 saturated heterocycles. The summed E-state index contributed by atoms with van der Waals surface area (Å²) in [6.45, 7) is 3.17. The number of nitrogens with zero attached hydrogens (tertiary/aromatic N) is 5. The number of fused-ring (bicyclic) bond motifs is 1. The smallest absolute Gasteiger partial charge is 0.408 e. The van der Waals surface area contributed by atoms with E-state index in [1.165, 1.54) is 12.1 Å². The van der Waals surface area contributed by atoms with Crippen LogP contribution in [0.3, 0.4) is 0 Å². The Morgan fingerprint density at radius 3 is 2.61 bits per heavy atom. The molecule has 0 aliphatic rings. The molecule has 0 amide bonds. The molecule has 2 heterocycles. The quantitative estimate of drug-likeness (QED) is 0.489. The van der Waals surface area contributed by atoms with E-state index < -0.39 is 0 Å². The summed E-state index contributed by atoms with van der Waals surface area (Å²) in [7, 11) is 3.90.